The van der Waals surface area contributed by atoms with Crippen LogP contribution >= 0.6 is 35.6 Å². The van der Waals surface area contributed by atoms with E-state index in [2.05, 4.69) is 20.9 Å². The minimum absolute atomic E-state index is 0. The molecule has 0 atom stereocenters. The van der Waals surface area contributed by atoms with E-state index in [-0.39, 0.29) is 29.9 Å². The van der Waals surface area contributed by atoms with Gasteiger partial charge in [0.25, 0.3) is 0 Å². The zero-order valence-electron chi connectivity index (χ0n) is 15.0. The van der Waals surface area contributed by atoms with E-state index in [4.69, 9.17) is 16.3 Å². The van der Waals surface area contributed by atoms with Crippen LogP contribution in [0.15, 0.2) is 23.2 Å². The monoisotopic (exact) mass is 482 g/mol. The van der Waals surface area contributed by atoms with Crippen LogP contribution in [-0.2, 0) is 9.53 Å². The number of nitrogens with one attached hydrogen (secondary N) is 3. The van der Waals surface area contributed by atoms with E-state index >= 15 is 0 Å². The first-order chi connectivity index (χ1) is 11.6. The van der Waals surface area contributed by atoms with Crippen molar-refractivity contribution in [3.05, 3.63) is 28.8 Å². The fourth-order valence-electron chi connectivity index (χ4n) is 1.96. The Morgan fingerprint density at radius 1 is 1.28 bits per heavy atom. The largest absolute Gasteiger partial charge is 0.380 e. The van der Waals surface area contributed by atoms with E-state index < -0.39 is 0 Å². The fraction of sp³-hybridized carbons (Fsp3) is 0.529. The third kappa shape index (κ3) is 9.86. The highest BCUT2D eigenvalue weighted by Gasteiger charge is 2.07. The number of guanidine groups is 1. The molecule has 6 nitrogen and oxygen atoms in total. The van der Waals surface area contributed by atoms with Crippen LogP contribution in [0, 0.1) is 6.92 Å². The van der Waals surface area contributed by atoms with Crippen LogP contribution in [0.4, 0.5) is 5.69 Å². The van der Waals surface area contributed by atoms with E-state index in [0.717, 1.165) is 17.8 Å². The molecule has 1 aromatic carbocycles. The Morgan fingerprint density at radius 3 is 2.72 bits per heavy atom. The van der Waals surface area contributed by atoms with Crippen molar-refractivity contribution >= 4 is 53.1 Å². The van der Waals surface area contributed by atoms with Crippen molar-refractivity contribution in [2.75, 3.05) is 38.2 Å². The lowest BCUT2D eigenvalue weighted by atomic mass is 10.2. The summed E-state index contributed by atoms with van der Waals surface area (Å²) in [4.78, 5) is 16.4. The summed E-state index contributed by atoms with van der Waals surface area (Å²) in [5, 5.41) is 9.78. The number of nitrogens with zero attached hydrogens (tertiary/aromatic N) is 1. The maximum atomic E-state index is 12.0. The Bertz CT molecular complexity index is 555. The average molecular weight is 483 g/mol. The number of hydrogen-bond donors (Lipinski definition) is 3. The van der Waals surface area contributed by atoms with Gasteiger partial charge in [0.2, 0.25) is 5.91 Å². The number of anilines is 1. The first kappa shape index (κ1) is 23.9. The van der Waals surface area contributed by atoms with Crippen molar-refractivity contribution in [1.82, 2.24) is 10.6 Å². The Morgan fingerprint density at radius 2 is 2.04 bits per heavy atom. The number of carbonyl (C=O) groups is 1. The molecule has 0 fully saturated rings. The van der Waals surface area contributed by atoms with E-state index in [1.54, 1.807) is 6.07 Å². The van der Waals surface area contributed by atoms with Crippen LogP contribution in [-0.4, -0.2) is 44.7 Å². The van der Waals surface area contributed by atoms with Gasteiger partial charge in [0.05, 0.1) is 13.2 Å². The molecule has 0 saturated heterocycles. The first-order valence-corrected chi connectivity index (χ1v) is 8.61. The molecule has 0 aliphatic rings. The second-order valence-corrected chi connectivity index (χ2v) is 5.50. The lowest BCUT2D eigenvalue weighted by Crippen LogP contribution is -2.39. The highest BCUT2D eigenvalue weighted by molar-refractivity contribution is 14.0. The molecule has 0 aliphatic heterocycles. The number of aliphatic imine (C=N–C) groups is 1. The number of ether oxygens (including phenoxy) is 1. The molecule has 142 valence electrons. The smallest absolute Gasteiger partial charge is 0.226 e. The van der Waals surface area contributed by atoms with Gasteiger partial charge in [0.15, 0.2) is 5.96 Å². The molecule has 0 bridgehead atoms. The van der Waals surface area contributed by atoms with E-state index in [9.17, 15) is 4.79 Å². The van der Waals surface area contributed by atoms with Crippen LogP contribution in [0.25, 0.3) is 0 Å². The van der Waals surface area contributed by atoms with Crippen LogP contribution in [0.2, 0.25) is 5.02 Å². The molecule has 0 radical (unpaired) electrons. The highest BCUT2D eigenvalue weighted by atomic mass is 127. The number of halogens is 2. The number of benzene rings is 1. The molecule has 0 aromatic heterocycles. The van der Waals surface area contributed by atoms with E-state index in [0.29, 0.717) is 43.7 Å². The van der Waals surface area contributed by atoms with Gasteiger partial charge in [-0.05, 0) is 38.5 Å². The summed E-state index contributed by atoms with van der Waals surface area (Å²) in [5.74, 6) is 0.613. The third-order valence-corrected chi connectivity index (χ3v) is 3.65. The molecule has 8 heteroatoms. The average Bonchev–Trinajstić information content (AvgIpc) is 2.56. The fourth-order valence-corrected chi connectivity index (χ4v) is 2.13. The summed E-state index contributed by atoms with van der Waals surface area (Å²) in [6.45, 7) is 8.92. The molecule has 1 aromatic rings. The maximum absolute atomic E-state index is 12.0. The lowest BCUT2D eigenvalue weighted by molar-refractivity contribution is -0.116. The minimum atomic E-state index is -0.0713. The topological polar surface area (TPSA) is 74.8 Å². The van der Waals surface area contributed by atoms with Gasteiger partial charge in [0, 0.05) is 36.8 Å². The quantitative estimate of drug-likeness (QED) is 0.219. The molecule has 0 spiro atoms. The molecule has 1 rings (SSSR count). The van der Waals surface area contributed by atoms with Crippen molar-refractivity contribution in [2.45, 2.75) is 27.2 Å². The van der Waals surface area contributed by atoms with Crippen molar-refractivity contribution in [1.29, 1.82) is 0 Å². The van der Waals surface area contributed by atoms with Gasteiger partial charge in [-0.1, -0.05) is 17.7 Å². The zero-order valence-corrected chi connectivity index (χ0v) is 18.1. The summed E-state index contributed by atoms with van der Waals surface area (Å²) >= 11 is 6.05. The van der Waals surface area contributed by atoms with Crippen LogP contribution in [0.3, 0.4) is 0 Å². The van der Waals surface area contributed by atoms with Gasteiger partial charge in [-0.3, -0.25) is 9.79 Å². The van der Waals surface area contributed by atoms with Crippen molar-refractivity contribution in [3.63, 3.8) is 0 Å². The summed E-state index contributed by atoms with van der Waals surface area (Å²) in [6, 6.07) is 5.46. The first-order valence-electron chi connectivity index (χ1n) is 8.23. The number of amides is 1. The van der Waals surface area contributed by atoms with E-state index in [1.807, 2.05) is 32.9 Å². The zero-order chi connectivity index (χ0) is 17.8. The molecule has 25 heavy (non-hydrogen) atoms. The number of hydrogen-bond acceptors (Lipinski definition) is 3. The van der Waals surface area contributed by atoms with Gasteiger partial charge in [-0.25, -0.2) is 0 Å². The molecule has 3 N–H and O–H groups in total. The predicted molar refractivity (Wildman–Crippen MR) is 115 cm³/mol. The standard InChI is InChI=1S/C17H27ClN4O2.HI/c1-4-19-17(21-11-12-24-5-2)20-10-9-16(23)22-15-8-6-7-14(18)13(15)3;/h6-8H,4-5,9-12H2,1-3H3,(H,22,23)(H2,19,20,21);1H. The molecule has 0 unspecified atom stereocenters. The number of rotatable bonds is 9. The van der Waals surface area contributed by atoms with Crippen molar-refractivity contribution in [2.24, 2.45) is 4.99 Å². The second kappa shape index (κ2) is 14.1. The van der Waals surface area contributed by atoms with Crippen molar-refractivity contribution < 1.29 is 9.53 Å². The maximum Gasteiger partial charge on any atom is 0.226 e. The summed E-state index contributed by atoms with van der Waals surface area (Å²) < 4.78 is 5.25. The van der Waals surface area contributed by atoms with Gasteiger partial charge in [-0.15, -0.1) is 24.0 Å². The summed E-state index contributed by atoms with van der Waals surface area (Å²) in [6.07, 6.45) is 0.335. The molecule has 1 amide bonds. The molecule has 0 heterocycles. The Labute approximate surface area is 172 Å². The van der Waals surface area contributed by atoms with Crippen LogP contribution in [0.5, 0.6) is 0 Å². The molecule has 0 saturated carbocycles. The third-order valence-electron chi connectivity index (χ3n) is 3.24. The second-order valence-electron chi connectivity index (χ2n) is 5.09. The van der Waals surface area contributed by atoms with Gasteiger partial charge in [-0.2, -0.15) is 0 Å². The highest BCUT2D eigenvalue weighted by Crippen LogP contribution is 2.22. The minimum Gasteiger partial charge on any atom is -0.380 e. The van der Waals surface area contributed by atoms with Gasteiger partial charge in [0.1, 0.15) is 0 Å². The van der Waals surface area contributed by atoms with Crippen molar-refractivity contribution in [3.8, 4) is 0 Å². The Balaban J connectivity index is 0.00000576. The lowest BCUT2D eigenvalue weighted by Gasteiger charge is -2.12. The molecular formula is C17H28ClIN4O2. The Kier molecular flexibility index (Phi) is 13.5. The van der Waals surface area contributed by atoms with Gasteiger partial charge >= 0.3 is 0 Å². The molecular weight excluding hydrogens is 455 g/mol. The normalized spacial score (nSPS) is 10.8. The SMILES string of the molecule is CCNC(=NCCOCC)NCCC(=O)Nc1cccc(Cl)c1C.I. The van der Waals surface area contributed by atoms with Gasteiger partial charge < -0.3 is 20.7 Å². The number of carbonyl (C=O) groups excluding carboxylic acids is 1. The Hall–Kier alpha value is -1.06. The van der Waals surface area contributed by atoms with Crippen LogP contribution < -0.4 is 16.0 Å². The van der Waals surface area contributed by atoms with E-state index in [1.165, 1.54) is 0 Å². The molecule has 0 aliphatic carbocycles. The predicted octanol–water partition coefficient (Wildman–Crippen LogP) is 3.19. The summed E-state index contributed by atoms with van der Waals surface area (Å²) in [7, 11) is 0. The summed E-state index contributed by atoms with van der Waals surface area (Å²) in [5.41, 5.74) is 1.61. The van der Waals surface area contributed by atoms with Crippen LogP contribution in [0.1, 0.15) is 25.8 Å².